The number of piperazine rings is 1. The second kappa shape index (κ2) is 7.49. The van der Waals surface area contributed by atoms with Crippen LogP contribution in [0.5, 0.6) is 0 Å². The zero-order chi connectivity index (χ0) is 17.1. The molecule has 1 aliphatic rings. The normalized spacial score (nSPS) is 15.5. The van der Waals surface area contributed by atoms with Gasteiger partial charge in [-0.05, 0) is 52.9 Å². The van der Waals surface area contributed by atoms with Crippen LogP contribution < -0.4 is 4.90 Å². The number of hydrogen-bond acceptors (Lipinski definition) is 5. The Morgan fingerprint density at radius 2 is 1.64 bits per heavy atom. The van der Waals surface area contributed by atoms with E-state index in [1.165, 1.54) is 3.57 Å². The summed E-state index contributed by atoms with van der Waals surface area (Å²) in [5.41, 5.74) is 2.24. The van der Waals surface area contributed by atoms with E-state index in [0.29, 0.717) is 0 Å². The molecule has 0 unspecified atom stereocenters. The monoisotopic (exact) mass is 446 g/mol. The third-order valence-electron chi connectivity index (χ3n) is 4.35. The molecule has 0 saturated carbocycles. The predicted molar refractivity (Wildman–Crippen MR) is 106 cm³/mol. The number of halogens is 1. The van der Waals surface area contributed by atoms with Gasteiger partial charge in [-0.15, -0.1) is 0 Å². The Morgan fingerprint density at radius 3 is 2.36 bits per heavy atom. The minimum Gasteiger partial charge on any atom is -0.338 e. The number of nitrogens with zero attached hydrogens (tertiary/aromatic N) is 6. The quantitative estimate of drug-likeness (QED) is 0.577. The molecule has 6 nitrogen and oxygen atoms in total. The van der Waals surface area contributed by atoms with Gasteiger partial charge in [0.05, 0.1) is 12.0 Å². The van der Waals surface area contributed by atoms with Crippen molar-refractivity contribution < 1.29 is 0 Å². The lowest BCUT2D eigenvalue weighted by molar-refractivity contribution is 0.246. The highest BCUT2D eigenvalue weighted by molar-refractivity contribution is 14.1. The van der Waals surface area contributed by atoms with E-state index < -0.39 is 0 Å². The molecule has 7 heteroatoms. The summed E-state index contributed by atoms with van der Waals surface area (Å²) >= 11 is 2.32. The van der Waals surface area contributed by atoms with E-state index in [4.69, 9.17) is 0 Å². The Labute approximate surface area is 160 Å². The molecule has 3 aromatic rings. The van der Waals surface area contributed by atoms with Crippen molar-refractivity contribution in [3.63, 3.8) is 0 Å². The number of anilines is 1. The summed E-state index contributed by atoms with van der Waals surface area (Å²) in [5.74, 6) is 0.824. The van der Waals surface area contributed by atoms with Gasteiger partial charge in [-0.2, -0.15) is 0 Å². The zero-order valence-corrected chi connectivity index (χ0v) is 16.0. The third-order valence-corrected chi connectivity index (χ3v) is 5.07. The largest absolute Gasteiger partial charge is 0.338 e. The first-order chi connectivity index (χ1) is 12.3. The van der Waals surface area contributed by atoms with E-state index >= 15 is 0 Å². The Bertz CT molecular complexity index is 809. The molecule has 3 heterocycles. The molecule has 0 spiro atoms. The Hall–Kier alpha value is -2.00. The molecule has 0 bridgehead atoms. The Kier molecular flexibility index (Phi) is 4.93. The van der Waals surface area contributed by atoms with E-state index in [1.54, 1.807) is 12.4 Å². The van der Waals surface area contributed by atoms with Crippen LogP contribution in [0.2, 0.25) is 0 Å². The average Bonchev–Trinajstić information content (AvgIpc) is 3.12. The van der Waals surface area contributed by atoms with Gasteiger partial charge < -0.3 is 9.47 Å². The van der Waals surface area contributed by atoms with E-state index in [9.17, 15) is 0 Å². The third kappa shape index (κ3) is 3.98. The Balaban J connectivity index is 1.35. The lowest BCUT2D eigenvalue weighted by atomic mass is 10.3. The van der Waals surface area contributed by atoms with Crippen LogP contribution in [0, 0.1) is 3.57 Å². The fraction of sp³-hybridized carbons (Fsp3) is 0.278. The van der Waals surface area contributed by atoms with E-state index in [1.807, 2.05) is 12.4 Å². The number of benzene rings is 1. The maximum atomic E-state index is 4.57. The van der Waals surface area contributed by atoms with Gasteiger partial charge in [0.25, 0.3) is 0 Å². The van der Waals surface area contributed by atoms with Gasteiger partial charge in [-0.3, -0.25) is 4.90 Å². The van der Waals surface area contributed by atoms with Crippen molar-refractivity contribution in [3.05, 3.63) is 64.5 Å². The fourth-order valence-corrected chi connectivity index (χ4v) is 3.35. The lowest BCUT2D eigenvalue weighted by Crippen LogP contribution is -2.46. The maximum absolute atomic E-state index is 4.57. The molecule has 0 aliphatic carbocycles. The highest BCUT2D eigenvalue weighted by Gasteiger charge is 2.19. The number of hydrogen-bond donors (Lipinski definition) is 0. The number of imidazole rings is 1. The van der Waals surface area contributed by atoms with Crippen molar-refractivity contribution in [2.24, 2.45) is 0 Å². The first-order valence-corrected chi connectivity index (χ1v) is 9.39. The van der Waals surface area contributed by atoms with Crippen LogP contribution in [-0.4, -0.2) is 50.6 Å². The second-order valence-electron chi connectivity index (χ2n) is 6.06. The number of rotatable bonds is 4. The van der Waals surface area contributed by atoms with Crippen LogP contribution in [0.4, 0.5) is 5.95 Å². The predicted octanol–water partition coefficient (Wildman–Crippen LogP) is 2.59. The molecule has 0 atom stereocenters. The molecule has 0 radical (unpaired) electrons. The fourth-order valence-electron chi connectivity index (χ4n) is 2.99. The van der Waals surface area contributed by atoms with Gasteiger partial charge in [0, 0.05) is 60.6 Å². The van der Waals surface area contributed by atoms with Gasteiger partial charge in [-0.25, -0.2) is 15.0 Å². The molecule has 1 saturated heterocycles. The summed E-state index contributed by atoms with van der Waals surface area (Å²) in [4.78, 5) is 17.9. The average molecular weight is 446 g/mol. The van der Waals surface area contributed by atoms with Gasteiger partial charge in [0.1, 0.15) is 0 Å². The minimum absolute atomic E-state index is 0.824. The molecule has 1 aliphatic heterocycles. The van der Waals surface area contributed by atoms with Gasteiger partial charge in [0.2, 0.25) is 5.95 Å². The van der Waals surface area contributed by atoms with Gasteiger partial charge >= 0.3 is 0 Å². The molecule has 25 heavy (non-hydrogen) atoms. The zero-order valence-electron chi connectivity index (χ0n) is 13.8. The van der Waals surface area contributed by atoms with Crippen molar-refractivity contribution in [1.29, 1.82) is 0 Å². The van der Waals surface area contributed by atoms with Crippen molar-refractivity contribution in [2.75, 3.05) is 31.1 Å². The van der Waals surface area contributed by atoms with Crippen LogP contribution in [0.15, 0.2) is 55.2 Å². The van der Waals surface area contributed by atoms with Crippen molar-refractivity contribution in [1.82, 2.24) is 24.4 Å². The van der Waals surface area contributed by atoms with Crippen LogP contribution in [0.25, 0.3) is 5.69 Å². The molecule has 2 aromatic heterocycles. The highest BCUT2D eigenvalue weighted by atomic mass is 127. The summed E-state index contributed by atoms with van der Waals surface area (Å²) in [6, 6.07) is 10.3. The van der Waals surface area contributed by atoms with Crippen LogP contribution in [0.1, 0.15) is 5.69 Å². The SMILES string of the molecule is Ic1ccc(-n2cnc(CN3CCN(c4ncccn4)CC3)c2)cc1. The number of aromatic nitrogens is 4. The molecule has 1 aromatic carbocycles. The topological polar surface area (TPSA) is 50.1 Å². The van der Waals surface area contributed by atoms with Crippen molar-refractivity contribution in [2.45, 2.75) is 6.54 Å². The summed E-state index contributed by atoms with van der Waals surface area (Å²) in [6.07, 6.45) is 7.61. The second-order valence-corrected chi connectivity index (χ2v) is 7.31. The van der Waals surface area contributed by atoms with E-state index in [-0.39, 0.29) is 0 Å². The van der Waals surface area contributed by atoms with Crippen LogP contribution in [-0.2, 0) is 6.54 Å². The van der Waals surface area contributed by atoms with Gasteiger partial charge in [0.15, 0.2) is 0 Å². The molecule has 0 amide bonds. The maximum Gasteiger partial charge on any atom is 0.225 e. The van der Waals surface area contributed by atoms with Crippen molar-refractivity contribution in [3.8, 4) is 5.69 Å². The summed E-state index contributed by atoms with van der Waals surface area (Å²) in [6.45, 7) is 4.76. The minimum atomic E-state index is 0.824. The highest BCUT2D eigenvalue weighted by Crippen LogP contribution is 2.14. The van der Waals surface area contributed by atoms with Crippen molar-refractivity contribution >= 4 is 28.5 Å². The molecule has 1 fully saturated rings. The molecule has 4 rings (SSSR count). The summed E-state index contributed by atoms with van der Waals surface area (Å²) < 4.78 is 3.32. The van der Waals surface area contributed by atoms with E-state index in [0.717, 1.165) is 50.1 Å². The molecule has 128 valence electrons. The standard InChI is InChI=1S/C18H19IN6/c19-15-2-4-17(5-3-15)25-13-16(22-14-25)12-23-8-10-24(11-9-23)18-20-6-1-7-21-18/h1-7,13-14H,8-12H2. The first-order valence-electron chi connectivity index (χ1n) is 8.31. The summed E-state index contributed by atoms with van der Waals surface area (Å²) in [5, 5.41) is 0. The molecular formula is C18H19IN6. The molecular weight excluding hydrogens is 427 g/mol. The smallest absolute Gasteiger partial charge is 0.225 e. The Morgan fingerprint density at radius 1 is 0.920 bits per heavy atom. The van der Waals surface area contributed by atoms with Crippen LogP contribution >= 0.6 is 22.6 Å². The molecule has 0 N–H and O–H groups in total. The summed E-state index contributed by atoms with van der Waals surface area (Å²) in [7, 11) is 0. The van der Waals surface area contributed by atoms with Gasteiger partial charge in [-0.1, -0.05) is 0 Å². The lowest BCUT2D eigenvalue weighted by Gasteiger charge is -2.34. The first kappa shape index (κ1) is 16.5. The van der Waals surface area contributed by atoms with Crippen LogP contribution in [0.3, 0.4) is 0 Å². The van der Waals surface area contributed by atoms with E-state index in [2.05, 4.69) is 82.4 Å².